The van der Waals surface area contributed by atoms with Crippen LogP contribution in [0.3, 0.4) is 0 Å². The van der Waals surface area contributed by atoms with Gasteiger partial charge in [-0.1, -0.05) is 13.8 Å². The van der Waals surface area contributed by atoms with Crippen molar-refractivity contribution >= 4 is 5.95 Å². The number of aromatic nitrogens is 2. The second kappa shape index (κ2) is 5.65. The van der Waals surface area contributed by atoms with Crippen molar-refractivity contribution in [3.8, 4) is 0 Å². The van der Waals surface area contributed by atoms with E-state index in [-0.39, 0.29) is 0 Å². The van der Waals surface area contributed by atoms with E-state index >= 15 is 0 Å². The molecule has 0 spiro atoms. The van der Waals surface area contributed by atoms with Gasteiger partial charge in [0, 0.05) is 19.6 Å². The van der Waals surface area contributed by atoms with E-state index in [1.165, 1.54) is 17.0 Å². The third-order valence-corrected chi connectivity index (χ3v) is 3.55. The molecule has 0 aromatic carbocycles. The van der Waals surface area contributed by atoms with E-state index in [4.69, 9.17) is 9.97 Å². The van der Waals surface area contributed by atoms with E-state index in [9.17, 15) is 0 Å². The highest BCUT2D eigenvalue weighted by Crippen LogP contribution is 2.25. The summed E-state index contributed by atoms with van der Waals surface area (Å²) in [7, 11) is 0. The number of hydrogen-bond acceptors (Lipinski definition) is 4. The summed E-state index contributed by atoms with van der Waals surface area (Å²) < 4.78 is 0. The Bertz CT molecular complexity index is 411. The smallest absolute Gasteiger partial charge is 0.225 e. The highest BCUT2D eigenvalue weighted by atomic mass is 15.2. The first kappa shape index (κ1) is 13.3. The summed E-state index contributed by atoms with van der Waals surface area (Å²) >= 11 is 0. The van der Waals surface area contributed by atoms with Gasteiger partial charge in [0.05, 0.1) is 11.4 Å². The molecule has 0 aliphatic carbocycles. The zero-order chi connectivity index (χ0) is 13.1. The molecule has 1 aliphatic heterocycles. The molecule has 1 N–H and O–H groups in total. The summed E-state index contributed by atoms with van der Waals surface area (Å²) in [4.78, 5) is 11.8. The molecule has 4 nitrogen and oxygen atoms in total. The second-order valence-corrected chi connectivity index (χ2v) is 5.09. The van der Waals surface area contributed by atoms with Crippen molar-refractivity contribution in [1.82, 2.24) is 15.3 Å². The van der Waals surface area contributed by atoms with Crippen molar-refractivity contribution in [3.63, 3.8) is 0 Å². The molecule has 0 unspecified atom stereocenters. The summed E-state index contributed by atoms with van der Waals surface area (Å²) in [5.41, 5.74) is 3.81. The molecule has 0 saturated carbocycles. The van der Waals surface area contributed by atoms with Crippen LogP contribution in [0.15, 0.2) is 0 Å². The summed E-state index contributed by atoms with van der Waals surface area (Å²) in [6.45, 7) is 12.6. The molecule has 0 saturated heterocycles. The van der Waals surface area contributed by atoms with Gasteiger partial charge >= 0.3 is 0 Å². The molecule has 0 radical (unpaired) electrons. The predicted molar refractivity (Wildman–Crippen MR) is 75.1 cm³/mol. The lowest BCUT2D eigenvalue weighted by atomic mass is 9.98. The Labute approximate surface area is 110 Å². The number of rotatable bonds is 4. The Balaban J connectivity index is 2.47. The van der Waals surface area contributed by atoms with Crippen LogP contribution in [0.4, 0.5) is 5.95 Å². The Hall–Kier alpha value is -1.16. The van der Waals surface area contributed by atoms with Crippen LogP contribution < -0.4 is 10.2 Å². The molecule has 1 aromatic rings. The van der Waals surface area contributed by atoms with Crippen molar-refractivity contribution in [2.75, 3.05) is 24.5 Å². The molecule has 2 rings (SSSR count). The lowest BCUT2D eigenvalue weighted by Crippen LogP contribution is -2.30. The normalized spacial score (nSPS) is 14.7. The summed E-state index contributed by atoms with van der Waals surface area (Å²) in [6, 6.07) is 0. The first-order valence-electron chi connectivity index (χ1n) is 7.02. The van der Waals surface area contributed by atoms with Gasteiger partial charge in [-0.15, -0.1) is 0 Å². The molecule has 0 bridgehead atoms. The molecule has 4 heteroatoms. The van der Waals surface area contributed by atoms with Crippen LogP contribution in [0.1, 0.15) is 50.6 Å². The molecule has 100 valence electrons. The molecule has 1 aliphatic rings. The fraction of sp³-hybridized carbons (Fsp3) is 0.714. The van der Waals surface area contributed by atoms with Gasteiger partial charge in [-0.3, -0.25) is 0 Å². The van der Waals surface area contributed by atoms with Gasteiger partial charge in [-0.25, -0.2) is 9.97 Å². The first-order valence-corrected chi connectivity index (χ1v) is 7.02. The Kier molecular flexibility index (Phi) is 4.17. The molecule has 0 fully saturated rings. The zero-order valence-electron chi connectivity index (χ0n) is 12.0. The van der Waals surface area contributed by atoms with E-state index < -0.39 is 0 Å². The third-order valence-electron chi connectivity index (χ3n) is 3.55. The van der Waals surface area contributed by atoms with Crippen molar-refractivity contribution in [2.45, 2.75) is 46.6 Å². The molecule has 2 heterocycles. The number of nitrogens with one attached hydrogen (secondary N) is 1. The van der Waals surface area contributed by atoms with Gasteiger partial charge in [-0.05, 0) is 38.3 Å². The summed E-state index contributed by atoms with van der Waals surface area (Å²) in [5.74, 6) is 1.36. The molecular weight excluding hydrogens is 224 g/mol. The molecule has 0 atom stereocenters. The molecule has 0 amide bonds. The number of hydrogen-bond donors (Lipinski definition) is 1. The molecule has 1 aromatic heterocycles. The average Bonchev–Trinajstić information content (AvgIpc) is 2.39. The SMILES string of the molecule is CCN(CC)c1nc2c(c(C(C)C)n1)CCNC2. The van der Waals surface area contributed by atoms with Crippen molar-refractivity contribution in [1.29, 1.82) is 0 Å². The maximum Gasteiger partial charge on any atom is 0.225 e. The topological polar surface area (TPSA) is 41.1 Å². The fourth-order valence-corrected chi connectivity index (χ4v) is 2.50. The number of nitrogens with zero attached hydrogens (tertiary/aromatic N) is 3. The molecular formula is C14H24N4. The Morgan fingerprint density at radius 2 is 1.94 bits per heavy atom. The van der Waals surface area contributed by atoms with E-state index in [0.717, 1.165) is 38.5 Å². The quantitative estimate of drug-likeness (QED) is 0.886. The third kappa shape index (κ3) is 2.48. The lowest BCUT2D eigenvalue weighted by Gasteiger charge is -2.25. The molecule has 18 heavy (non-hydrogen) atoms. The van der Waals surface area contributed by atoms with Crippen LogP contribution in [0.5, 0.6) is 0 Å². The minimum Gasteiger partial charge on any atom is -0.341 e. The van der Waals surface area contributed by atoms with Gasteiger partial charge in [0.2, 0.25) is 5.95 Å². The maximum atomic E-state index is 4.81. The van der Waals surface area contributed by atoms with Crippen LogP contribution in [0.25, 0.3) is 0 Å². The van der Waals surface area contributed by atoms with Gasteiger partial charge in [-0.2, -0.15) is 0 Å². The van der Waals surface area contributed by atoms with Crippen LogP contribution >= 0.6 is 0 Å². The van der Waals surface area contributed by atoms with E-state index in [2.05, 4.69) is 37.9 Å². The van der Waals surface area contributed by atoms with Crippen LogP contribution in [0.2, 0.25) is 0 Å². The van der Waals surface area contributed by atoms with E-state index in [1.54, 1.807) is 0 Å². The Morgan fingerprint density at radius 1 is 1.22 bits per heavy atom. The zero-order valence-corrected chi connectivity index (χ0v) is 12.0. The summed E-state index contributed by atoms with van der Waals surface area (Å²) in [5, 5.41) is 3.40. The van der Waals surface area contributed by atoms with Crippen LogP contribution in [-0.2, 0) is 13.0 Å². The lowest BCUT2D eigenvalue weighted by molar-refractivity contribution is 0.604. The summed E-state index contributed by atoms with van der Waals surface area (Å²) in [6.07, 6.45) is 1.06. The van der Waals surface area contributed by atoms with Gasteiger partial charge in [0.1, 0.15) is 0 Å². The highest BCUT2D eigenvalue weighted by Gasteiger charge is 2.20. The van der Waals surface area contributed by atoms with Gasteiger partial charge < -0.3 is 10.2 Å². The van der Waals surface area contributed by atoms with Crippen LogP contribution in [0, 0.1) is 0 Å². The van der Waals surface area contributed by atoms with Crippen molar-refractivity contribution in [3.05, 3.63) is 17.0 Å². The second-order valence-electron chi connectivity index (χ2n) is 5.09. The minimum absolute atomic E-state index is 0.467. The number of anilines is 1. The standard InChI is InChI=1S/C14H24N4/c1-5-18(6-2)14-16-12-9-15-8-7-11(12)13(17-14)10(3)4/h10,15H,5-9H2,1-4H3. The van der Waals surface area contributed by atoms with Crippen molar-refractivity contribution < 1.29 is 0 Å². The monoisotopic (exact) mass is 248 g/mol. The van der Waals surface area contributed by atoms with Gasteiger partial charge in [0.15, 0.2) is 0 Å². The highest BCUT2D eigenvalue weighted by molar-refractivity contribution is 5.39. The fourth-order valence-electron chi connectivity index (χ4n) is 2.50. The Morgan fingerprint density at radius 3 is 2.56 bits per heavy atom. The maximum absolute atomic E-state index is 4.81. The van der Waals surface area contributed by atoms with E-state index in [1.807, 2.05) is 0 Å². The first-order chi connectivity index (χ1) is 8.67. The van der Waals surface area contributed by atoms with Gasteiger partial charge in [0.25, 0.3) is 0 Å². The largest absolute Gasteiger partial charge is 0.341 e. The van der Waals surface area contributed by atoms with Crippen LogP contribution in [-0.4, -0.2) is 29.6 Å². The van der Waals surface area contributed by atoms with E-state index in [0.29, 0.717) is 5.92 Å². The predicted octanol–water partition coefficient (Wildman–Crippen LogP) is 2.09. The minimum atomic E-state index is 0.467. The number of fused-ring (bicyclic) bond motifs is 1. The van der Waals surface area contributed by atoms with Crippen molar-refractivity contribution in [2.24, 2.45) is 0 Å². The average molecular weight is 248 g/mol.